The molecule has 0 amide bonds. The van der Waals surface area contributed by atoms with E-state index < -0.39 is 0 Å². The maximum Gasteiger partial charge on any atom is 0.243 e. The fourth-order valence-corrected chi connectivity index (χ4v) is 1.26. The number of hydrogen-bond donors (Lipinski definition) is 1. The van der Waals surface area contributed by atoms with Gasteiger partial charge in [-0.3, -0.25) is 0 Å². The van der Waals surface area contributed by atoms with Gasteiger partial charge in [0.1, 0.15) is 6.10 Å². The third kappa shape index (κ3) is 2.87. The molecule has 1 aromatic rings. The average Bonchev–Trinajstić information content (AvgIpc) is 2.69. The molecular weight excluding hydrogens is 194 g/mol. The molecule has 0 saturated carbocycles. The Bertz CT molecular complexity index is 307. The Morgan fingerprint density at radius 2 is 2.40 bits per heavy atom. The van der Waals surface area contributed by atoms with Crippen molar-refractivity contribution in [2.45, 2.75) is 31.9 Å². The third-order valence-electron chi connectivity index (χ3n) is 2.14. The van der Waals surface area contributed by atoms with Crippen LogP contribution in [-0.4, -0.2) is 17.3 Å². The summed E-state index contributed by atoms with van der Waals surface area (Å²) in [5, 5.41) is 3.84. The normalized spacial score (nSPS) is 14.9. The van der Waals surface area contributed by atoms with E-state index >= 15 is 0 Å². The molecule has 15 heavy (non-hydrogen) atoms. The molecule has 1 heterocycles. The second-order valence-electron chi connectivity index (χ2n) is 3.25. The summed E-state index contributed by atoms with van der Waals surface area (Å²) in [6.07, 6.45) is 3.01. The van der Waals surface area contributed by atoms with Gasteiger partial charge in [-0.2, -0.15) is 4.98 Å². The summed E-state index contributed by atoms with van der Waals surface area (Å²) >= 11 is 0. The van der Waals surface area contributed by atoms with E-state index in [4.69, 9.17) is 15.0 Å². The second-order valence-corrected chi connectivity index (χ2v) is 3.25. The Balaban J connectivity index is 2.74. The standard InChI is InChI=1S/C10H17N3O2/c1-4-6-7(11)10-12-9(13-15-10)8(5-2)14-3/h4,7-8H,1,5-6,11H2,2-3H3. The highest BCUT2D eigenvalue weighted by Gasteiger charge is 2.18. The van der Waals surface area contributed by atoms with Crippen molar-refractivity contribution < 1.29 is 9.26 Å². The molecule has 0 saturated heterocycles. The number of hydrogen-bond acceptors (Lipinski definition) is 5. The van der Waals surface area contributed by atoms with Gasteiger partial charge in [0.15, 0.2) is 0 Å². The molecule has 0 aliphatic heterocycles. The van der Waals surface area contributed by atoms with Crippen LogP contribution in [0.4, 0.5) is 0 Å². The number of nitrogens with two attached hydrogens (primary N) is 1. The monoisotopic (exact) mass is 211 g/mol. The summed E-state index contributed by atoms with van der Waals surface area (Å²) in [4.78, 5) is 4.20. The Kier molecular flexibility index (Phi) is 4.45. The number of rotatable bonds is 6. The second kappa shape index (κ2) is 5.63. The van der Waals surface area contributed by atoms with Gasteiger partial charge >= 0.3 is 0 Å². The van der Waals surface area contributed by atoms with Crippen LogP contribution < -0.4 is 5.73 Å². The predicted molar refractivity (Wildman–Crippen MR) is 56.1 cm³/mol. The molecule has 0 spiro atoms. The molecule has 1 rings (SSSR count). The minimum Gasteiger partial charge on any atom is -0.373 e. The van der Waals surface area contributed by atoms with Crippen LogP contribution in [-0.2, 0) is 4.74 Å². The van der Waals surface area contributed by atoms with Crippen molar-refractivity contribution in [2.24, 2.45) is 5.73 Å². The van der Waals surface area contributed by atoms with Crippen LogP contribution >= 0.6 is 0 Å². The maximum atomic E-state index is 5.79. The lowest BCUT2D eigenvalue weighted by atomic mass is 10.2. The fraction of sp³-hybridized carbons (Fsp3) is 0.600. The van der Waals surface area contributed by atoms with Gasteiger partial charge in [-0.15, -0.1) is 6.58 Å². The highest BCUT2D eigenvalue weighted by molar-refractivity contribution is 4.96. The molecule has 0 aliphatic rings. The van der Waals surface area contributed by atoms with Gasteiger partial charge in [-0.25, -0.2) is 0 Å². The lowest BCUT2D eigenvalue weighted by Crippen LogP contribution is -2.10. The van der Waals surface area contributed by atoms with E-state index in [1.54, 1.807) is 13.2 Å². The predicted octanol–water partition coefficient (Wildman–Crippen LogP) is 1.74. The highest BCUT2D eigenvalue weighted by atomic mass is 16.5. The molecule has 5 nitrogen and oxygen atoms in total. The molecule has 84 valence electrons. The van der Waals surface area contributed by atoms with Crippen molar-refractivity contribution in [3.8, 4) is 0 Å². The zero-order valence-electron chi connectivity index (χ0n) is 9.14. The van der Waals surface area contributed by atoms with Crippen molar-refractivity contribution in [2.75, 3.05) is 7.11 Å². The average molecular weight is 211 g/mol. The van der Waals surface area contributed by atoms with Crippen LogP contribution in [0, 0.1) is 0 Å². The number of aromatic nitrogens is 2. The van der Waals surface area contributed by atoms with Crippen LogP contribution in [0.25, 0.3) is 0 Å². The number of nitrogens with zero attached hydrogens (tertiary/aromatic N) is 2. The topological polar surface area (TPSA) is 74.2 Å². The highest BCUT2D eigenvalue weighted by Crippen LogP contribution is 2.19. The van der Waals surface area contributed by atoms with E-state index in [0.717, 1.165) is 6.42 Å². The molecule has 0 aliphatic carbocycles. The minimum atomic E-state index is -0.280. The van der Waals surface area contributed by atoms with E-state index in [1.807, 2.05) is 6.92 Å². The summed E-state index contributed by atoms with van der Waals surface area (Å²) < 4.78 is 10.2. The van der Waals surface area contributed by atoms with Crippen LogP contribution in [0.2, 0.25) is 0 Å². The third-order valence-corrected chi connectivity index (χ3v) is 2.14. The summed E-state index contributed by atoms with van der Waals surface area (Å²) in [6.45, 7) is 5.60. The van der Waals surface area contributed by atoms with Crippen molar-refractivity contribution in [3.63, 3.8) is 0 Å². The van der Waals surface area contributed by atoms with Gasteiger partial charge < -0.3 is 15.0 Å². The lowest BCUT2D eigenvalue weighted by Gasteiger charge is -2.06. The first-order valence-corrected chi connectivity index (χ1v) is 4.95. The van der Waals surface area contributed by atoms with Gasteiger partial charge in [0.2, 0.25) is 11.7 Å². The van der Waals surface area contributed by atoms with Crippen molar-refractivity contribution in [1.82, 2.24) is 10.1 Å². The van der Waals surface area contributed by atoms with Gasteiger partial charge in [-0.1, -0.05) is 18.2 Å². The quantitative estimate of drug-likeness (QED) is 0.725. The Morgan fingerprint density at radius 1 is 1.67 bits per heavy atom. The maximum absolute atomic E-state index is 5.79. The lowest BCUT2D eigenvalue weighted by molar-refractivity contribution is 0.0903. The first-order chi connectivity index (χ1) is 7.22. The molecule has 0 radical (unpaired) electrons. The zero-order chi connectivity index (χ0) is 11.3. The Labute approximate surface area is 89.3 Å². The van der Waals surface area contributed by atoms with E-state index in [0.29, 0.717) is 18.1 Å². The molecule has 0 fully saturated rings. The van der Waals surface area contributed by atoms with Crippen molar-refractivity contribution >= 4 is 0 Å². The number of methoxy groups -OCH3 is 1. The van der Waals surface area contributed by atoms with E-state index in [-0.39, 0.29) is 12.1 Å². The molecule has 5 heteroatoms. The summed E-state index contributed by atoms with van der Waals surface area (Å²) in [7, 11) is 1.62. The van der Waals surface area contributed by atoms with E-state index in [1.165, 1.54) is 0 Å². The van der Waals surface area contributed by atoms with Crippen LogP contribution in [0.5, 0.6) is 0 Å². The number of ether oxygens (including phenoxy) is 1. The minimum absolute atomic E-state index is 0.126. The first-order valence-electron chi connectivity index (χ1n) is 4.95. The molecule has 2 N–H and O–H groups in total. The van der Waals surface area contributed by atoms with E-state index in [9.17, 15) is 0 Å². The largest absolute Gasteiger partial charge is 0.373 e. The fourth-order valence-electron chi connectivity index (χ4n) is 1.26. The van der Waals surface area contributed by atoms with Gasteiger partial charge in [0.05, 0.1) is 6.04 Å². The van der Waals surface area contributed by atoms with E-state index in [2.05, 4.69) is 16.7 Å². The molecule has 2 unspecified atom stereocenters. The Hall–Kier alpha value is -1.20. The van der Waals surface area contributed by atoms with Gasteiger partial charge in [0, 0.05) is 7.11 Å². The molecule has 0 aromatic carbocycles. The SMILES string of the molecule is C=CCC(N)c1nc(C(CC)OC)no1. The molecule has 2 atom stereocenters. The first kappa shape index (κ1) is 11.9. The molecule has 1 aromatic heterocycles. The van der Waals surface area contributed by atoms with Crippen molar-refractivity contribution in [1.29, 1.82) is 0 Å². The van der Waals surface area contributed by atoms with Crippen molar-refractivity contribution in [3.05, 3.63) is 24.4 Å². The van der Waals surface area contributed by atoms with Gasteiger partial charge in [-0.05, 0) is 12.8 Å². The zero-order valence-corrected chi connectivity index (χ0v) is 9.14. The van der Waals surface area contributed by atoms with Crippen LogP contribution in [0.15, 0.2) is 17.2 Å². The summed E-state index contributed by atoms with van der Waals surface area (Å²) in [6, 6.07) is -0.280. The Morgan fingerprint density at radius 3 is 2.93 bits per heavy atom. The smallest absolute Gasteiger partial charge is 0.243 e. The molecule has 0 bridgehead atoms. The summed E-state index contributed by atoms with van der Waals surface area (Å²) in [5.74, 6) is 0.981. The molecular formula is C10H17N3O2. The van der Waals surface area contributed by atoms with Crippen LogP contribution in [0.3, 0.4) is 0 Å². The summed E-state index contributed by atoms with van der Waals surface area (Å²) in [5.41, 5.74) is 5.79. The van der Waals surface area contributed by atoms with Gasteiger partial charge in [0.25, 0.3) is 0 Å². The van der Waals surface area contributed by atoms with Crippen LogP contribution in [0.1, 0.15) is 43.6 Å².